The molecule has 6 rings (SSSR count). The van der Waals surface area contributed by atoms with Crippen LogP contribution in [-0.4, -0.2) is 51.5 Å². The van der Waals surface area contributed by atoms with Crippen LogP contribution in [0.15, 0.2) is 71.3 Å². The lowest BCUT2D eigenvalue weighted by atomic mass is 9.89. The highest BCUT2D eigenvalue weighted by atomic mass is 16.4. The number of aryl methyl sites for hydroxylation is 1. The van der Waals surface area contributed by atoms with Gasteiger partial charge in [0.1, 0.15) is 11.6 Å². The minimum Gasteiger partial charge on any atom is -0.508 e. The van der Waals surface area contributed by atoms with Crippen molar-refractivity contribution in [3.05, 3.63) is 72.8 Å². The van der Waals surface area contributed by atoms with Gasteiger partial charge in [0.05, 0.1) is 0 Å². The van der Waals surface area contributed by atoms with E-state index in [4.69, 9.17) is 4.42 Å². The van der Waals surface area contributed by atoms with Gasteiger partial charge in [0.15, 0.2) is 0 Å². The summed E-state index contributed by atoms with van der Waals surface area (Å²) < 4.78 is 5.58. The number of nitrogens with one attached hydrogen (secondary N) is 2. The molecule has 3 atom stereocenters. The normalized spacial score (nSPS) is 21.6. The van der Waals surface area contributed by atoms with Crippen LogP contribution in [0.3, 0.4) is 0 Å². The molecule has 1 saturated heterocycles. The van der Waals surface area contributed by atoms with E-state index in [1.165, 1.54) is 37.8 Å². The summed E-state index contributed by atoms with van der Waals surface area (Å²) in [5.41, 5.74) is 4.34. The summed E-state index contributed by atoms with van der Waals surface area (Å²) in [7, 11) is 0. The van der Waals surface area contributed by atoms with E-state index in [1.54, 1.807) is 12.1 Å². The fourth-order valence-electron chi connectivity index (χ4n) is 5.91. The van der Waals surface area contributed by atoms with E-state index >= 15 is 0 Å². The number of nitrogens with zero attached hydrogens (tertiary/aromatic N) is 4. The van der Waals surface area contributed by atoms with Gasteiger partial charge in [-0.05, 0) is 85.3 Å². The minimum atomic E-state index is 0.277. The number of hydrogen-bond acceptors (Lipinski definition) is 8. The Kier molecular flexibility index (Phi) is 7.45. The van der Waals surface area contributed by atoms with E-state index in [0.29, 0.717) is 29.9 Å². The number of hydrogen-bond donors (Lipinski definition) is 3. The van der Waals surface area contributed by atoms with Crippen LogP contribution in [0.25, 0.3) is 22.6 Å². The number of aromatic nitrogens is 3. The van der Waals surface area contributed by atoms with Gasteiger partial charge in [-0.2, -0.15) is 0 Å². The fraction of sp³-hybridized carbons (Fsp3) is 0.387. The van der Waals surface area contributed by atoms with Gasteiger partial charge in [-0.25, -0.2) is 4.98 Å². The van der Waals surface area contributed by atoms with Crippen LogP contribution in [0.5, 0.6) is 5.75 Å². The van der Waals surface area contributed by atoms with Gasteiger partial charge in [0.25, 0.3) is 0 Å². The molecule has 39 heavy (non-hydrogen) atoms. The molecule has 0 amide bonds. The molecule has 1 aliphatic heterocycles. The van der Waals surface area contributed by atoms with Gasteiger partial charge in [-0.3, -0.25) is 0 Å². The number of pyridine rings is 1. The van der Waals surface area contributed by atoms with Crippen LogP contribution < -0.4 is 15.5 Å². The molecule has 2 aromatic heterocycles. The molecule has 0 bridgehead atoms. The summed E-state index contributed by atoms with van der Waals surface area (Å²) >= 11 is 0. The Morgan fingerprint density at radius 3 is 2.38 bits per heavy atom. The van der Waals surface area contributed by atoms with Gasteiger partial charge in [-0.1, -0.05) is 25.0 Å². The molecule has 1 unspecified atom stereocenters. The molecule has 8 nitrogen and oxygen atoms in total. The zero-order valence-electron chi connectivity index (χ0n) is 22.4. The third kappa shape index (κ3) is 6.06. The summed E-state index contributed by atoms with van der Waals surface area (Å²) in [5, 5.41) is 25.5. The summed E-state index contributed by atoms with van der Waals surface area (Å²) in [6.07, 6.45) is 9.01. The van der Waals surface area contributed by atoms with E-state index in [-0.39, 0.29) is 5.75 Å². The van der Waals surface area contributed by atoms with Crippen LogP contribution in [-0.2, 0) is 0 Å². The molecule has 3 heterocycles. The molecule has 8 heteroatoms. The topological polar surface area (TPSA) is 99.3 Å². The lowest BCUT2D eigenvalue weighted by Crippen LogP contribution is -2.54. The Morgan fingerprint density at radius 2 is 1.62 bits per heavy atom. The number of anilines is 2. The molecule has 202 valence electrons. The number of rotatable bonds is 7. The van der Waals surface area contributed by atoms with Crippen LogP contribution in [0.1, 0.15) is 44.4 Å². The Hall–Kier alpha value is -3.91. The van der Waals surface area contributed by atoms with Crippen molar-refractivity contribution >= 4 is 11.5 Å². The Balaban J connectivity index is 1.10. The van der Waals surface area contributed by atoms with E-state index < -0.39 is 0 Å². The molecule has 1 aliphatic carbocycles. The first kappa shape index (κ1) is 25.4. The smallest absolute Gasteiger partial charge is 0.247 e. The Labute approximate surface area is 229 Å². The van der Waals surface area contributed by atoms with Crippen molar-refractivity contribution in [3.63, 3.8) is 0 Å². The summed E-state index contributed by atoms with van der Waals surface area (Å²) in [4.78, 5) is 7.11. The maximum Gasteiger partial charge on any atom is 0.247 e. The lowest BCUT2D eigenvalue weighted by molar-refractivity contribution is 0.293. The predicted octanol–water partition coefficient (Wildman–Crippen LogP) is 5.79. The third-order valence-electron chi connectivity index (χ3n) is 7.94. The maximum atomic E-state index is 9.63. The van der Waals surface area contributed by atoms with Gasteiger partial charge >= 0.3 is 0 Å². The number of phenolic OH excluding ortho intramolecular Hbond substituents is 1. The van der Waals surface area contributed by atoms with Crippen molar-refractivity contribution in [1.82, 2.24) is 20.5 Å². The average Bonchev–Trinajstić information content (AvgIpc) is 3.41. The second-order valence-corrected chi connectivity index (χ2v) is 10.7. The highest BCUT2D eigenvalue weighted by molar-refractivity contribution is 5.67. The third-order valence-corrected chi connectivity index (χ3v) is 7.94. The molecular formula is C31H36N6O2. The molecule has 4 aromatic rings. The largest absolute Gasteiger partial charge is 0.508 e. The maximum absolute atomic E-state index is 9.63. The van der Waals surface area contributed by atoms with Crippen molar-refractivity contribution in [2.24, 2.45) is 0 Å². The van der Waals surface area contributed by atoms with Crippen LogP contribution in [0.4, 0.5) is 11.5 Å². The molecule has 2 aliphatic rings. The molecular weight excluding hydrogens is 488 g/mol. The van der Waals surface area contributed by atoms with Crippen LogP contribution in [0, 0.1) is 6.92 Å². The van der Waals surface area contributed by atoms with Gasteiger partial charge in [0.2, 0.25) is 11.8 Å². The number of aromatic hydroxyl groups is 1. The first-order chi connectivity index (χ1) is 19.1. The van der Waals surface area contributed by atoms with E-state index in [9.17, 15) is 5.11 Å². The van der Waals surface area contributed by atoms with Crippen LogP contribution in [0.2, 0.25) is 0 Å². The quantitative estimate of drug-likeness (QED) is 0.279. The minimum absolute atomic E-state index is 0.277. The highest BCUT2D eigenvalue weighted by Crippen LogP contribution is 2.28. The molecule has 3 N–H and O–H groups in total. The van der Waals surface area contributed by atoms with Crippen molar-refractivity contribution in [2.75, 3.05) is 23.3 Å². The standard InChI is InChI=1S/C31H36N6O2/c1-21-35-36-31(39-21)23-8-12-26(13-9-23)37-18-4-5-25(20-37)33-28-6-2-3-7-29(28)34-30-19-24(16-17-32-30)22-10-14-27(38)15-11-22/h8-17,19,25,28-29,33,38H,2-7,18,20H2,1H3,(H,32,34)/t25?,28-,29-/m1/s1. The zero-order valence-corrected chi connectivity index (χ0v) is 22.4. The number of phenols is 1. The monoisotopic (exact) mass is 524 g/mol. The van der Waals surface area contributed by atoms with Crippen molar-refractivity contribution in [2.45, 2.75) is 63.6 Å². The molecule has 2 fully saturated rings. The first-order valence-corrected chi connectivity index (χ1v) is 14.0. The summed E-state index contributed by atoms with van der Waals surface area (Å²) in [6.45, 7) is 3.87. The second-order valence-electron chi connectivity index (χ2n) is 10.7. The molecule has 0 spiro atoms. The van der Waals surface area contributed by atoms with Gasteiger partial charge in [0, 0.05) is 55.6 Å². The Bertz CT molecular complexity index is 1370. The SMILES string of the molecule is Cc1nnc(-c2ccc(N3CCCC(N[C@@H]4CCCC[C@H]4Nc4cc(-c5ccc(O)cc5)ccn4)C3)cc2)o1. The van der Waals surface area contributed by atoms with Crippen LogP contribution >= 0.6 is 0 Å². The average molecular weight is 525 g/mol. The fourth-order valence-corrected chi connectivity index (χ4v) is 5.91. The number of piperidine rings is 1. The van der Waals surface area contributed by atoms with Crippen molar-refractivity contribution < 1.29 is 9.52 Å². The van der Waals surface area contributed by atoms with Crippen molar-refractivity contribution in [3.8, 4) is 28.3 Å². The van der Waals surface area contributed by atoms with E-state index in [0.717, 1.165) is 42.0 Å². The predicted molar refractivity (Wildman–Crippen MR) is 154 cm³/mol. The van der Waals surface area contributed by atoms with Crippen molar-refractivity contribution in [1.29, 1.82) is 0 Å². The van der Waals surface area contributed by atoms with Gasteiger partial charge in [-0.15, -0.1) is 10.2 Å². The number of benzene rings is 2. The molecule has 1 saturated carbocycles. The highest BCUT2D eigenvalue weighted by Gasteiger charge is 2.29. The zero-order chi connectivity index (χ0) is 26.6. The Morgan fingerprint density at radius 1 is 0.846 bits per heavy atom. The lowest BCUT2D eigenvalue weighted by Gasteiger charge is -2.40. The first-order valence-electron chi connectivity index (χ1n) is 14.0. The van der Waals surface area contributed by atoms with E-state index in [1.807, 2.05) is 31.3 Å². The van der Waals surface area contributed by atoms with Gasteiger partial charge < -0.3 is 25.1 Å². The van der Waals surface area contributed by atoms with E-state index in [2.05, 4.69) is 61.0 Å². The summed E-state index contributed by atoms with van der Waals surface area (Å²) in [6, 6.07) is 21.1. The second kappa shape index (κ2) is 11.5. The molecule has 0 radical (unpaired) electrons. The summed E-state index contributed by atoms with van der Waals surface area (Å²) in [5.74, 6) is 2.33. The molecule has 2 aromatic carbocycles.